The normalized spacial score (nSPS) is 17.2. The highest BCUT2D eigenvalue weighted by Gasteiger charge is 2.48. The minimum absolute atomic E-state index is 0.0653. The molecule has 0 spiro atoms. The monoisotopic (exact) mass is 552 g/mol. The molecule has 5 nitrogen and oxygen atoms in total. The molecule has 0 unspecified atom stereocenters. The van der Waals surface area contributed by atoms with Crippen molar-refractivity contribution in [3.63, 3.8) is 0 Å². The van der Waals surface area contributed by atoms with E-state index in [9.17, 15) is 18.0 Å². The van der Waals surface area contributed by atoms with Crippen LogP contribution in [0.2, 0.25) is 0 Å². The lowest BCUT2D eigenvalue weighted by atomic mass is 9.83. The van der Waals surface area contributed by atoms with E-state index < -0.39 is 11.6 Å². The summed E-state index contributed by atoms with van der Waals surface area (Å²) in [6.07, 6.45) is -0.265. The molecule has 1 amide bonds. The molecule has 1 N–H and O–H groups in total. The number of rotatable bonds is 9. The Balaban J connectivity index is 1.41. The predicted molar refractivity (Wildman–Crippen MR) is 153 cm³/mol. The highest BCUT2D eigenvalue weighted by atomic mass is 19.4. The van der Waals surface area contributed by atoms with Gasteiger partial charge in [-0.3, -0.25) is 19.6 Å². The molecule has 0 aliphatic carbocycles. The van der Waals surface area contributed by atoms with Crippen LogP contribution in [0.15, 0.2) is 73.1 Å². The molecule has 1 saturated heterocycles. The average Bonchev–Trinajstić information content (AvgIpc) is 2.90. The summed E-state index contributed by atoms with van der Waals surface area (Å²) in [5.41, 5.74) is 2.54. The van der Waals surface area contributed by atoms with Crippen LogP contribution in [0.5, 0.6) is 0 Å². The van der Waals surface area contributed by atoms with E-state index in [0.717, 1.165) is 49.4 Å². The third-order valence-corrected chi connectivity index (χ3v) is 7.70. The fourth-order valence-electron chi connectivity index (χ4n) is 5.12. The lowest BCUT2D eigenvalue weighted by molar-refractivity contribution is -0.180. The number of carbonyl (C=O) groups excluding carboxylic acids is 1. The molecule has 0 bridgehead atoms. The largest absolute Gasteiger partial charge is 0.397 e. The summed E-state index contributed by atoms with van der Waals surface area (Å²) in [5, 5.41) is 3.03. The molecule has 40 heavy (non-hydrogen) atoms. The molecule has 1 fully saturated rings. The predicted octanol–water partition coefficient (Wildman–Crippen LogP) is 6.19. The van der Waals surface area contributed by atoms with Crippen molar-refractivity contribution < 1.29 is 18.0 Å². The van der Waals surface area contributed by atoms with Gasteiger partial charge in [-0.15, -0.1) is 0 Å². The molecule has 4 rings (SSSR count). The fourth-order valence-corrected chi connectivity index (χ4v) is 5.12. The molecule has 3 aromatic rings. The molecule has 1 atom stereocenters. The Hall–Kier alpha value is -3.23. The number of halogens is 3. The quantitative estimate of drug-likeness (QED) is 0.344. The molecule has 0 radical (unpaired) electrons. The summed E-state index contributed by atoms with van der Waals surface area (Å²) < 4.78 is 40.2. The Kier molecular flexibility index (Phi) is 9.31. The van der Waals surface area contributed by atoms with Crippen molar-refractivity contribution in [2.24, 2.45) is 0 Å². The van der Waals surface area contributed by atoms with Gasteiger partial charge in [-0.2, -0.15) is 13.2 Å². The van der Waals surface area contributed by atoms with Crippen LogP contribution in [-0.4, -0.2) is 58.6 Å². The number of aromatic nitrogens is 1. The third kappa shape index (κ3) is 7.49. The van der Waals surface area contributed by atoms with Crippen molar-refractivity contribution >= 4 is 5.91 Å². The summed E-state index contributed by atoms with van der Waals surface area (Å²) in [6, 6.07) is 19.1. The lowest BCUT2D eigenvalue weighted by Gasteiger charge is -2.41. The van der Waals surface area contributed by atoms with Crippen LogP contribution in [0.3, 0.4) is 0 Å². The van der Waals surface area contributed by atoms with Crippen molar-refractivity contribution in [3.05, 3.63) is 89.7 Å². The van der Waals surface area contributed by atoms with Gasteiger partial charge in [-0.1, -0.05) is 48.5 Å². The molecular formula is C32H39F3N4O. The number of nitrogens with zero attached hydrogens (tertiary/aromatic N) is 3. The van der Waals surface area contributed by atoms with Crippen molar-refractivity contribution in [1.29, 1.82) is 0 Å². The molecule has 2 heterocycles. The number of nitrogens with one attached hydrogen (secondary N) is 1. The Morgan fingerprint density at radius 1 is 0.900 bits per heavy atom. The third-order valence-electron chi connectivity index (χ3n) is 7.70. The molecule has 2 aromatic carbocycles. The first-order valence-corrected chi connectivity index (χ1v) is 13.8. The summed E-state index contributed by atoms with van der Waals surface area (Å²) in [6.45, 7) is 10.4. The second-order valence-corrected chi connectivity index (χ2v) is 11.5. The van der Waals surface area contributed by atoms with Gasteiger partial charge in [0.15, 0.2) is 0 Å². The lowest BCUT2D eigenvalue weighted by Crippen LogP contribution is -2.53. The smallest absolute Gasteiger partial charge is 0.354 e. The first-order chi connectivity index (χ1) is 18.9. The molecule has 214 valence electrons. The van der Waals surface area contributed by atoms with Gasteiger partial charge < -0.3 is 5.32 Å². The molecule has 1 aromatic heterocycles. The van der Waals surface area contributed by atoms with Crippen LogP contribution >= 0.6 is 0 Å². The van der Waals surface area contributed by atoms with E-state index in [4.69, 9.17) is 0 Å². The number of pyridine rings is 1. The number of carbonyl (C=O) groups is 1. The standard InChI is InChI=1S/C32H39F3N4O/c1-23(2)37-30(40)19-29-22-38(17-18-39(29)21-25-13-15-36-16-14-25)20-24-5-7-26(8-6-24)27-9-11-28(12-10-27)31(3,4)32(33,34)35/h5-16,23,29H,17-22H2,1-4H3,(H,37,40)/t29-/m1/s1. The topological polar surface area (TPSA) is 48.5 Å². The van der Waals surface area contributed by atoms with Gasteiger partial charge in [0.2, 0.25) is 5.91 Å². The van der Waals surface area contributed by atoms with Crippen molar-refractivity contribution in [2.45, 2.75) is 70.9 Å². The van der Waals surface area contributed by atoms with Gasteiger partial charge in [-0.25, -0.2) is 0 Å². The van der Waals surface area contributed by atoms with Crippen molar-refractivity contribution in [3.8, 4) is 11.1 Å². The first kappa shape index (κ1) is 29.7. The van der Waals surface area contributed by atoms with E-state index in [1.54, 1.807) is 36.7 Å². The molecule has 1 aliphatic rings. The van der Waals surface area contributed by atoms with Gasteiger partial charge in [0, 0.05) is 63.6 Å². The Labute approximate surface area is 235 Å². The van der Waals surface area contributed by atoms with Crippen LogP contribution in [-0.2, 0) is 23.3 Å². The highest BCUT2D eigenvalue weighted by molar-refractivity contribution is 5.76. The number of alkyl halides is 3. The van der Waals surface area contributed by atoms with Gasteiger partial charge in [0.25, 0.3) is 0 Å². The number of amides is 1. The van der Waals surface area contributed by atoms with E-state index in [0.29, 0.717) is 6.42 Å². The van der Waals surface area contributed by atoms with Crippen LogP contribution < -0.4 is 5.32 Å². The second-order valence-electron chi connectivity index (χ2n) is 11.5. The minimum atomic E-state index is -4.31. The van der Waals surface area contributed by atoms with Crippen molar-refractivity contribution in [2.75, 3.05) is 19.6 Å². The zero-order valence-electron chi connectivity index (χ0n) is 23.7. The van der Waals surface area contributed by atoms with Crippen LogP contribution in [0.25, 0.3) is 11.1 Å². The van der Waals surface area contributed by atoms with Gasteiger partial charge in [0.05, 0.1) is 5.41 Å². The first-order valence-electron chi connectivity index (χ1n) is 13.8. The van der Waals surface area contributed by atoms with Gasteiger partial charge in [-0.05, 0) is 67.6 Å². The van der Waals surface area contributed by atoms with Crippen LogP contribution in [0, 0.1) is 0 Å². The number of piperazine rings is 1. The fraction of sp³-hybridized carbons (Fsp3) is 0.438. The maximum Gasteiger partial charge on any atom is 0.397 e. The van der Waals surface area contributed by atoms with Crippen LogP contribution in [0.4, 0.5) is 13.2 Å². The number of benzene rings is 2. The van der Waals surface area contributed by atoms with Crippen LogP contribution in [0.1, 0.15) is 50.8 Å². The van der Waals surface area contributed by atoms with E-state index >= 15 is 0 Å². The van der Waals surface area contributed by atoms with E-state index in [-0.39, 0.29) is 23.6 Å². The maximum atomic E-state index is 13.4. The summed E-state index contributed by atoms with van der Waals surface area (Å²) in [4.78, 5) is 21.5. The number of hydrogen-bond acceptors (Lipinski definition) is 4. The Morgan fingerprint density at radius 2 is 1.48 bits per heavy atom. The Bertz CT molecular complexity index is 1240. The zero-order chi connectivity index (χ0) is 28.9. The average molecular weight is 553 g/mol. The summed E-state index contributed by atoms with van der Waals surface area (Å²) in [7, 11) is 0. The minimum Gasteiger partial charge on any atom is -0.354 e. The SMILES string of the molecule is CC(C)NC(=O)C[C@@H]1CN(Cc2ccc(-c3ccc(C(C)(C)C(F)(F)F)cc3)cc2)CCN1Cc1ccncc1. The van der Waals surface area contributed by atoms with Gasteiger partial charge in [0.1, 0.15) is 0 Å². The van der Waals surface area contributed by atoms with Crippen molar-refractivity contribution in [1.82, 2.24) is 20.1 Å². The van der Waals surface area contributed by atoms with E-state index in [2.05, 4.69) is 32.2 Å². The molecular weight excluding hydrogens is 513 g/mol. The molecule has 0 saturated carbocycles. The summed E-state index contributed by atoms with van der Waals surface area (Å²) in [5.74, 6) is 0.0653. The molecule has 1 aliphatic heterocycles. The van der Waals surface area contributed by atoms with E-state index in [1.165, 1.54) is 19.4 Å². The Morgan fingerprint density at radius 3 is 2.05 bits per heavy atom. The summed E-state index contributed by atoms with van der Waals surface area (Å²) >= 11 is 0. The zero-order valence-corrected chi connectivity index (χ0v) is 23.7. The number of hydrogen-bond donors (Lipinski definition) is 1. The molecule has 8 heteroatoms. The highest BCUT2D eigenvalue weighted by Crippen LogP contribution is 2.40. The van der Waals surface area contributed by atoms with E-state index in [1.807, 2.05) is 38.1 Å². The maximum absolute atomic E-state index is 13.4. The second kappa shape index (κ2) is 12.5. The van der Waals surface area contributed by atoms with Gasteiger partial charge >= 0.3 is 6.18 Å².